The van der Waals surface area contributed by atoms with Gasteiger partial charge in [-0.3, -0.25) is 0 Å². The average molecular weight is 225 g/mol. The predicted molar refractivity (Wildman–Crippen MR) is 56.6 cm³/mol. The van der Waals surface area contributed by atoms with Crippen molar-refractivity contribution in [3.05, 3.63) is 34.9 Å². The molecule has 0 bridgehead atoms. The van der Waals surface area contributed by atoms with E-state index < -0.39 is 18.7 Å². The second-order valence-electron chi connectivity index (χ2n) is 2.80. The fourth-order valence-electron chi connectivity index (χ4n) is 1.03. The van der Waals surface area contributed by atoms with E-state index in [0.717, 1.165) is 0 Å². The summed E-state index contributed by atoms with van der Waals surface area (Å²) in [7, 11) is 0. The molecule has 0 aromatic heterocycles. The largest absolute Gasteiger partial charge is 0.480 e. The van der Waals surface area contributed by atoms with E-state index in [1.807, 2.05) is 0 Å². The Morgan fingerprint density at radius 3 is 2.60 bits per heavy atom. The zero-order valence-electron chi connectivity index (χ0n) is 7.81. The summed E-state index contributed by atoms with van der Waals surface area (Å²) >= 11 is 5.70. The lowest BCUT2D eigenvalue weighted by atomic mass is 10.1. The number of terminal acetylenes is 1. The Balaban J connectivity index is 2.71. The van der Waals surface area contributed by atoms with Gasteiger partial charge in [-0.1, -0.05) is 29.7 Å². The van der Waals surface area contributed by atoms with Crippen molar-refractivity contribution in [3.63, 3.8) is 0 Å². The first kappa shape index (κ1) is 11.6. The van der Waals surface area contributed by atoms with Crippen molar-refractivity contribution >= 4 is 17.6 Å². The Hall–Kier alpha value is -1.50. The lowest BCUT2D eigenvalue weighted by molar-refractivity contribution is -0.143. The Morgan fingerprint density at radius 2 is 2.13 bits per heavy atom. The highest BCUT2D eigenvalue weighted by Gasteiger charge is 2.10. The van der Waals surface area contributed by atoms with Crippen LogP contribution in [-0.4, -0.2) is 17.7 Å². The molecule has 0 saturated carbocycles. The minimum atomic E-state index is -1.05. The maximum Gasteiger partial charge on any atom is 0.329 e. The summed E-state index contributed by atoms with van der Waals surface area (Å²) in [5.41, 5.74) is 0.711. The minimum absolute atomic E-state index is 0.419. The monoisotopic (exact) mass is 224 g/mol. The van der Waals surface area contributed by atoms with E-state index in [1.54, 1.807) is 24.3 Å². The van der Waals surface area contributed by atoms with Crippen LogP contribution in [0, 0.1) is 12.3 Å². The number of halogens is 1. The molecule has 0 heterocycles. The summed E-state index contributed by atoms with van der Waals surface area (Å²) in [6.45, 7) is -0.419. The first-order valence-corrected chi connectivity index (χ1v) is 4.56. The molecule has 78 valence electrons. The van der Waals surface area contributed by atoms with Crippen LogP contribution in [0.1, 0.15) is 11.7 Å². The van der Waals surface area contributed by atoms with Crippen LogP contribution in [-0.2, 0) is 9.53 Å². The highest BCUT2D eigenvalue weighted by Crippen LogP contribution is 2.18. The van der Waals surface area contributed by atoms with Gasteiger partial charge in [0.15, 0.2) is 0 Å². The molecular formula is C11H9ClO3. The van der Waals surface area contributed by atoms with Crippen molar-refractivity contribution in [1.29, 1.82) is 0 Å². The van der Waals surface area contributed by atoms with Gasteiger partial charge in [0, 0.05) is 5.02 Å². The molecule has 0 saturated heterocycles. The molecule has 4 heteroatoms. The normalized spacial score (nSPS) is 11.7. The molecule has 1 N–H and O–H groups in total. The first-order valence-electron chi connectivity index (χ1n) is 4.18. The summed E-state index contributed by atoms with van der Waals surface area (Å²) in [6.07, 6.45) is 4.57. The maximum absolute atomic E-state index is 10.3. The Morgan fingerprint density at radius 1 is 1.53 bits per heavy atom. The molecule has 1 rings (SSSR count). The average Bonchev–Trinajstić information content (AvgIpc) is 2.21. The summed E-state index contributed by atoms with van der Waals surface area (Å²) in [5.74, 6) is 1.31. The highest BCUT2D eigenvalue weighted by molar-refractivity contribution is 6.30. The van der Waals surface area contributed by atoms with E-state index in [4.69, 9.17) is 27.9 Å². The van der Waals surface area contributed by atoms with Gasteiger partial charge in [-0.2, -0.15) is 0 Å². The number of hydrogen-bond acceptors (Lipinski definition) is 2. The predicted octanol–water partition coefficient (Wildman–Crippen LogP) is 2.12. The van der Waals surface area contributed by atoms with Crippen LogP contribution >= 0.6 is 11.6 Å². The van der Waals surface area contributed by atoms with Crippen LogP contribution < -0.4 is 0 Å². The molecule has 3 nitrogen and oxygen atoms in total. The van der Waals surface area contributed by atoms with Crippen molar-refractivity contribution in [2.75, 3.05) is 6.61 Å². The molecule has 1 aromatic carbocycles. The number of carboxylic acid groups (broad SMARTS) is 1. The van der Waals surface area contributed by atoms with Crippen LogP contribution in [0.25, 0.3) is 0 Å². The van der Waals surface area contributed by atoms with Crippen LogP contribution in [0.5, 0.6) is 0 Å². The minimum Gasteiger partial charge on any atom is -0.480 e. The van der Waals surface area contributed by atoms with Crippen molar-refractivity contribution in [2.45, 2.75) is 6.10 Å². The van der Waals surface area contributed by atoms with Gasteiger partial charge in [-0.15, -0.1) is 6.42 Å². The van der Waals surface area contributed by atoms with Gasteiger partial charge in [0.2, 0.25) is 0 Å². The van der Waals surface area contributed by atoms with Gasteiger partial charge in [0.1, 0.15) is 12.7 Å². The number of rotatable bonds is 4. The number of aliphatic carboxylic acids is 1. The molecule has 0 aliphatic heterocycles. The zero-order chi connectivity index (χ0) is 11.3. The van der Waals surface area contributed by atoms with Crippen molar-refractivity contribution < 1.29 is 14.6 Å². The Kier molecular flexibility index (Phi) is 4.17. The van der Waals surface area contributed by atoms with E-state index in [-0.39, 0.29) is 0 Å². The van der Waals surface area contributed by atoms with Crippen LogP contribution in [0.3, 0.4) is 0 Å². The standard InChI is InChI=1S/C11H9ClO3/c1-2-10(15-7-11(13)14)8-3-5-9(12)6-4-8/h1,3-6,10H,7H2,(H,13,14). The third kappa shape index (κ3) is 3.62. The van der Waals surface area contributed by atoms with Crippen LogP contribution in [0.4, 0.5) is 0 Å². The van der Waals surface area contributed by atoms with Gasteiger partial charge in [0.05, 0.1) is 0 Å². The smallest absolute Gasteiger partial charge is 0.329 e. The van der Waals surface area contributed by atoms with Gasteiger partial charge < -0.3 is 9.84 Å². The van der Waals surface area contributed by atoms with Crippen molar-refractivity contribution in [1.82, 2.24) is 0 Å². The second-order valence-corrected chi connectivity index (χ2v) is 3.24. The molecule has 0 radical (unpaired) electrons. The molecule has 1 aromatic rings. The number of carboxylic acids is 1. The van der Waals surface area contributed by atoms with Gasteiger partial charge in [-0.05, 0) is 17.7 Å². The number of ether oxygens (including phenoxy) is 1. The Labute approximate surface area is 92.6 Å². The summed E-state index contributed by atoms with van der Waals surface area (Å²) in [6, 6.07) is 6.75. The number of hydrogen-bond donors (Lipinski definition) is 1. The topological polar surface area (TPSA) is 46.5 Å². The van der Waals surface area contributed by atoms with Crippen molar-refractivity contribution in [3.8, 4) is 12.3 Å². The third-order valence-electron chi connectivity index (χ3n) is 1.70. The molecule has 1 atom stereocenters. The number of benzene rings is 1. The highest BCUT2D eigenvalue weighted by atomic mass is 35.5. The molecule has 0 spiro atoms. The Bertz CT molecular complexity index is 378. The quantitative estimate of drug-likeness (QED) is 0.797. The van der Waals surface area contributed by atoms with E-state index in [9.17, 15) is 4.79 Å². The zero-order valence-corrected chi connectivity index (χ0v) is 8.57. The fourth-order valence-corrected chi connectivity index (χ4v) is 1.16. The molecule has 15 heavy (non-hydrogen) atoms. The van der Waals surface area contributed by atoms with Gasteiger partial charge >= 0.3 is 5.97 Å². The summed E-state index contributed by atoms with van der Waals surface area (Å²) in [4.78, 5) is 10.3. The molecule has 0 aliphatic rings. The van der Waals surface area contributed by atoms with E-state index in [0.29, 0.717) is 10.6 Å². The number of carbonyl (C=O) groups is 1. The van der Waals surface area contributed by atoms with Gasteiger partial charge in [-0.25, -0.2) is 4.79 Å². The lowest BCUT2D eigenvalue weighted by Gasteiger charge is -2.10. The maximum atomic E-state index is 10.3. The fraction of sp³-hybridized carbons (Fsp3) is 0.182. The summed E-state index contributed by atoms with van der Waals surface area (Å²) in [5, 5.41) is 9.02. The molecule has 0 aliphatic carbocycles. The molecule has 1 unspecified atom stereocenters. The van der Waals surface area contributed by atoms with Gasteiger partial charge in [0.25, 0.3) is 0 Å². The van der Waals surface area contributed by atoms with E-state index in [2.05, 4.69) is 5.92 Å². The lowest BCUT2D eigenvalue weighted by Crippen LogP contribution is -2.10. The first-order chi connectivity index (χ1) is 7.13. The van der Waals surface area contributed by atoms with E-state index >= 15 is 0 Å². The third-order valence-corrected chi connectivity index (χ3v) is 1.95. The summed E-state index contributed by atoms with van der Waals surface area (Å²) < 4.78 is 5.00. The van der Waals surface area contributed by atoms with Crippen LogP contribution in [0.2, 0.25) is 5.02 Å². The van der Waals surface area contributed by atoms with Crippen LogP contribution in [0.15, 0.2) is 24.3 Å². The molecule has 0 amide bonds. The molecular weight excluding hydrogens is 216 g/mol. The van der Waals surface area contributed by atoms with E-state index in [1.165, 1.54) is 0 Å². The molecule has 0 fully saturated rings. The SMILES string of the molecule is C#CC(OCC(=O)O)c1ccc(Cl)cc1. The van der Waals surface area contributed by atoms with Crippen molar-refractivity contribution in [2.24, 2.45) is 0 Å². The second kappa shape index (κ2) is 5.40.